The molecule has 0 spiro atoms. The van der Waals surface area contributed by atoms with Gasteiger partial charge < -0.3 is 15.7 Å². The van der Waals surface area contributed by atoms with Gasteiger partial charge in [-0.2, -0.15) is 0 Å². The van der Waals surface area contributed by atoms with E-state index in [0.717, 1.165) is 17.7 Å². The Morgan fingerprint density at radius 1 is 1.18 bits per heavy atom. The molecule has 3 N–H and O–H groups in total. The molecule has 0 aromatic heterocycles. The van der Waals surface area contributed by atoms with Crippen molar-refractivity contribution in [1.82, 2.24) is 0 Å². The predicted octanol–water partition coefficient (Wildman–Crippen LogP) is 3.83. The van der Waals surface area contributed by atoms with Crippen LogP contribution in [0, 0.1) is 0 Å². The largest absolute Gasteiger partial charge is 0.387 e. The molecule has 2 rings (SSSR count). The van der Waals surface area contributed by atoms with Crippen LogP contribution in [-0.4, -0.2) is 17.6 Å². The molecular weight excluding hydrogens is 300 g/mol. The van der Waals surface area contributed by atoms with Crippen molar-refractivity contribution in [3.63, 3.8) is 0 Å². The molecule has 0 fully saturated rings. The molecule has 2 aromatic carbocycles. The summed E-state index contributed by atoms with van der Waals surface area (Å²) in [7, 11) is 0. The fraction of sp³-hybridized carbons (Fsp3) is 0.235. The lowest BCUT2D eigenvalue weighted by molar-refractivity contribution is -0.118. The van der Waals surface area contributed by atoms with Crippen molar-refractivity contribution in [2.24, 2.45) is 0 Å². The quantitative estimate of drug-likeness (QED) is 0.758. The number of carbonyl (C=O) groups excluding carboxylic acids is 1. The molecule has 1 atom stereocenters. The lowest BCUT2D eigenvalue weighted by atomic mass is 10.0. The highest BCUT2D eigenvalue weighted by molar-refractivity contribution is 6.30. The summed E-state index contributed by atoms with van der Waals surface area (Å²) in [5.41, 5.74) is 2.70. The van der Waals surface area contributed by atoms with Crippen LogP contribution >= 0.6 is 11.6 Å². The summed E-state index contributed by atoms with van der Waals surface area (Å²) in [6.07, 6.45) is 0.912. The van der Waals surface area contributed by atoms with Gasteiger partial charge in [-0.15, -0.1) is 0 Å². The van der Waals surface area contributed by atoms with E-state index in [1.165, 1.54) is 0 Å². The number of aliphatic hydroxyl groups is 1. The molecule has 4 nitrogen and oxygen atoms in total. The summed E-state index contributed by atoms with van der Waals surface area (Å²) in [5, 5.41) is 15.6. The van der Waals surface area contributed by atoms with E-state index in [9.17, 15) is 4.79 Å². The van der Waals surface area contributed by atoms with E-state index >= 15 is 0 Å². The first kappa shape index (κ1) is 16.3. The van der Waals surface area contributed by atoms with E-state index in [4.69, 9.17) is 16.7 Å². The number of hydrogen-bond donors (Lipinski definition) is 3. The van der Waals surface area contributed by atoms with Gasteiger partial charge in [0, 0.05) is 16.4 Å². The van der Waals surface area contributed by atoms with Gasteiger partial charge >= 0.3 is 0 Å². The predicted molar refractivity (Wildman–Crippen MR) is 90.3 cm³/mol. The highest BCUT2D eigenvalue weighted by Crippen LogP contribution is 2.25. The first-order chi connectivity index (χ1) is 10.6. The topological polar surface area (TPSA) is 61.4 Å². The van der Waals surface area contributed by atoms with Crippen LogP contribution < -0.4 is 10.6 Å². The van der Waals surface area contributed by atoms with Gasteiger partial charge in [-0.1, -0.05) is 36.7 Å². The number of nitrogens with one attached hydrogen (secondary N) is 2. The SMILES string of the molecule is CCC(Nc1cccc(NC(=O)CO)c1)c1ccc(Cl)cc1. The molecule has 0 saturated heterocycles. The molecule has 0 saturated carbocycles. The number of benzene rings is 2. The Balaban J connectivity index is 2.12. The molecule has 0 heterocycles. The monoisotopic (exact) mass is 318 g/mol. The zero-order valence-corrected chi connectivity index (χ0v) is 13.1. The maximum Gasteiger partial charge on any atom is 0.250 e. The number of aliphatic hydroxyl groups excluding tert-OH is 1. The van der Waals surface area contributed by atoms with Crippen LogP contribution in [0.2, 0.25) is 5.02 Å². The minimum absolute atomic E-state index is 0.154. The second-order valence-corrected chi connectivity index (χ2v) is 5.38. The van der Waals surface area contributed by atoms with Gasteiger partial charge in [-0.05, 0) is 42.3 Å². The second-order valence-electron chi connectivity index (χ2n) is 4.94. The third-order valence-electron chi connectivity index (χ3n) is 3.31. The van der Waals surface area contributed by atoms with Gasteiger partial charge in [0.2, 0.25) is 5.91 Å². The molecule has 2 aromatic rings. The van der Waals surface area contributed by atoms with Crippen molar-refractivity contribution in [3.8, 4) is 0 Å². The molecule has 0 bridgehead atoms. The van der Waals surface area contributed by atoms with Crippen LogP contribution in [0.25, 0.3) is 0 Å². The molecule has 0 aliphatic rings. The van der Waals surface area contributed by atoms with Crippen molar-refractivity contribution in [2.75, 3.05) is 17.2 Å². The molecule has 0 radical (unpaired) electrons. The van der Waals surface area contributed by atoms with Crippen LogP contribution in [0.1, 0.15) is 24.9 Å². The number of halogens is 1. The Morgan fingerprint density at radius 2 is 1.86 bits per heavy atom. The molecule has 1 unspecified atom stereocenters. The van der Waals surface area contributed by atoms with Crippen molar-refractivity contribution in [2.45, 2.75) is 19.4 Å². The number of anilines is 2. The van der Waals surface area contributed by atoms with Crippen LogP contribution in [0.3, 0.4) is 0 Å². The first-order valence-electron chi connectivity index (χ1n) is 7.15. The molecule has 22 heavy (non-hydrogen) atoms. The molecule has 0 aliphatic carbocycles. The summed E-state index contributed by atoms with van der Waals surface area (Å²) in [5.74, 6) is -0.429. The van der Waals surface area contributed by atoms with Gasteiger partial charge in [0.05, 0.1) is 6.04 Å². The third-order valence-corrected chi connectivity index (χ3v) is 3.56. The normalized spacial score (nSPS) is 11.8. The van der Waals surface area contributed by atoms with Crippen molar-refractivity contribution in [1.29, 1.82) is 0 Å². The van der Waals surface area contributed by atoms with Gasteiger partial charge in [0.25, 0.3) is 0 Å². The van der Waals surface area contributed by atoms with E-state index in [1.54, 1.807) is 6.07 Å². The van der Waals surface area contributed by atoms with Gasteiger partial charge in [0.1, 0.15) is 6.61 Å². The van der Waals surface area contributed by atoms with E-state index in [-0.39, 0.29) is 6.04 Å². The molecule has 116 valence electrons. The van der Waals surface area contributed by atoms with E-state index < -0.39 is 12.5 Å². The van der Waals surface area contributed by atoms with Crippen LogP contribution in [-0.2, 0) is 4.79 Å². The molecule has 5 heteroatoms. The Morgan fingerprint density at radius 3 is 2.50 bits per heavy atom. The molecular formula is C17H19ClN2O2. The zero-order chi connectivity index (χ0) is 15.9. The maximum absolute atomic E-state index is 11.2. The first-order valence-corrected chi connectivity index (χ1v) is 7.53. The summed E-state index contributed by atoms with van der Waals surface area (Å²) in [6, 6.07) is 15.3. The second kappa shape index (κ2) is 7.82. The summed E-state index contributed by atoms with van der Waals surface area (Å²) in [4.78, 5) is 11.2. The zero-order valence-electron chi connectivity index (χ0n) is 12.3. The highest BCUT2D eigenvalue weighted by Gasteiger charge is 2.09. The Bertz CT molecular complexity index is 629. The fourth-order valence-corrected chi connectivity index (χ4v) is 2.33. The van der Waals surface area contributed by atoms with Gasteiger partial charge in [-0.3, -0.25) is 4.79 Å². The van der Waals surface area contributed by atoms with E-state index in [2.05, 4.69) is 17.6 Å². The highest BCUT2D eigenvalue weighted by atomic mass is 35.5. The number of carbonyl (C=O) groups is 1. The Kier molecular flexibility index (Phi) is 5.81. The average Bonchev–Trinajstić information content (AvgIpc) is 2.54. The van der Waals surface area contributed by atoms with Crippen molar-refractivity contribution in [3.05, 3.63) is 59.1 Å². The van der Waals surface area contributed by atoms with E-state index in [1.807, 2.05) is 42.5 Å². The minimum atomic E-state index is -0.528. The van der Waals surface area contributed by atoms with Gasteiger partial charge in [0.15, 0.2) is 0 Å². The number of amides is 1. The van der Waals surface area contributed by atoms with Crippen molar-refractivity contribution >= 4 is 28.9 Å². The van der Waals surface area contributed by atoms with Crippen molar-refractivity contribution < 1.29 is 9.90 Å². The van der Waals surface area contributed by atoms with Gasteiger partial charge in [-0.25, -0.2) is 0 Å². The summed E-state index contributed by atoms with van der Waals surface area (Å²) in [6.45, 7) is 1.57. The van der Waals surface area contributed by atoms with Crippen LogP contribution in [0.15, 0.2) is 48.5 Å². The lowest BCUT2D eigenvalue weighted by Crippen LogP contribution is -2.15. The average molecular weight is 319 g/mol. The fourth-order valence-electron chi connectivity index (χ4n) is 2.20. The molecule has 0 aliphatic heterocycles. The standard InChI is InChI=1S/C17H19ClN2O2/c1-2-16(12-6-8-13(18)9-7-12)19-14-4-3-5-15(10-14)20-17(22)11-21/h3-10,16,19,21H,2,11H2,1H3,(H,20,22). The lowest BCUT2D eigenvalue weighted by Gasteiger charge is -2.19. The Labute approximate surface area is 135 Å². The number of hydrogen-bond acceptors (Lipinski definition) is 3. The van der Waals surface area contributed by atoms with Crippen LogP contribution in [0.5, 0.6) is 0 Å². The number of rotatable bonds is 6. The maximum atomic E-state index is 11.2. The summed E-state index contributed by atoms with van der Waals surface area (Å²) < 4.78 is 0. The summed E-state index contributed by atoms with van der Waals surface area (Å²) >= 11 is 5.92. The van der Waals surface area contributed by atoms with Crippen LogP contribution in [0.4, 0.5) is 11.4 Å². The third kappa shape index (κ3) is 4.48. The smallest absolute Gasteiger partial charge is 0.250 e. The minimum Gasteiger partial charge on any atom is -0.387 e. The van der Waals surface area contributed by atoms with E-state index in [0.29, 0.717) is 10.7 Å². The Hall–Kier alpha value is -2.04. The molecule has 1 amide bonds.